The molecule has 3 fully saturated rings. The molecule has 12 N–H and O–H groups in total. The first-order valence-electron chi connectivity index (χ1n) is 49.2. The summed E-state index contributed by atoms with van der Waals surface area (Å²) in [4.78, 5) is 13.6. The van der Waals surface area contributed by atoms with Crippen LogP contribution in [0.15, 0.2) is 36.5 Å². The fraction of sp³-hybridized carbons (Fsp3) is 0.928. The van der Waals surface area contributed by atoms with Gasteiger partial charge in [-0.3, -0.25) is 4.79 Å². The van der Waals surface area contributed by atoms with E-state index >= 15 is 0 Å². The lowest BCUT2D eigenvalue weighted by Crippen LogP contribution is -2.66. The van der Waals surface area contributed by atoms with Gasteiger partial charge in [-0.05, 0) is 51.4 Å². The van der Waals surface area contributed by atoms with Crippen molar-refractivity contribution in [1.82, 2.24) is 5.32 Å². The van der Waals surface area contributed by atoms with Crippen LogP contribution in [0.5, 0.6) is 0 Å². The second-order valence-corrected chi connectivity index (χ2v) is 35.2. The highest BCUT2D eigenvalue weighted by Gasteiger charge is 2.54. The predicted molar refractivity (Wildman–Crippen MR) is 471 cm³/mol. The molecule has 17 unspecified atom stereocenters. The number of ether oxygens (including phenoxy) is 6. The van der Waals surface area contributed by atoms with E-state index in [4.69, 9.17) is 28.4 Å². The fourth-order valence-electron chi connectivity index (χ4n) is 16.9. The van der Waals surface area contributed by atoms with Crippen molar-refractivity contribution in [2.45, 2.75) is 548 Å². The summed E-state index contributed by atoms with van der Waals surface area (Å²) in [6.45, 7) is 1.87. The van der Waals surface area contributed by atoms with Gasteiger partial charge in [0.1, 0.15) is 73.2 Å². The standard InChI is InChI=1S/C97H183NO18/c1-3-5-7-9-11-13-15-17-19-21-23-25-27-29-31-33-35-37-38-39-40-41-42-43-45-47-49-51-53-55-57-59-61-63-65-67-69-71-73-75-85(103)98-80(81(102)74-72-70-68-66-64-62-60-58-56-54-52-50-48-46-44-36-34-32-30-28-26-24-22-20-18-16-14-12-10-8-6-4-2)79-111-95-91(109)88(106)93(83(77-100)113-95)116-97-92(110)89(107)94(84(78-101)114-97)115-96-90(108)87(105)86(104)82(76-99)112-96/h15,17,21,23,27,29,80-84,86-97,99-102,104-110H,3-14,16,18-20,22,24-26,28,30-79H2,1-2H3,(H,98,103)/b17-15-,23-21-,29-27-. The third kappa shape index (κ3) is 53.9. The van der Waals surface area contributed by atoms with E-state index < -0.39 is 124 Å². The Morgan fingerprint density at radius 2 is 0.569 bits per heavy atom. The lowest BCUT2D eigenvalue weighted by atomic mass is 9.96. The molecule has 0 radical (unpaired) electrons. The highest BCUT2D eigenvalue weighted by Crippen LogP contribution is 2.34. The highest BCUT2D eigenvalue weighted by atomic mass is 16.8. The molecule has 3 aliphatic rings. The number of hydrogen-bond donors (Lipinski definition) is 12. The quantitative estimate of drug-likeness (QED) is 0.0199. The maximum Gasteiger partial charge on any atom is 0.220 e. The minimum absolute atomic E-state index is 0.232. The van der Waals surface area contributed by atoms with E-state index in [1.807, 2.05) is 0 Å². The van der Waals surface area contributed by atoms with Crippen molar-refractivity contribution in [2.75, 3.05) is 26.4 Å². The van der Waals surface area contributed by atoms with Crippen LogP contribution in [0.2, 0.25) is 0 Å². The van der Waals surface area contributed by atoms with E-state index in [0.29, 0.717) is 12.8 Å². The number of hydrogen-bond acceptors (Lipinski definition) is 18. The molecule has 684 valence electrons. The van der Waals surface area contributed by atoms with Crippen LogP contribution in [0, 0.1) is 0 Å². The average molecular weight is 1650 g/mol. The lowest BCUT2D eigenvalue weighted by molar-refractivity contribution is -0.379. The molecule has 19 heteroatoms. The molecule has 0 bridgehead atoms. The molecule has 0 spiro atoms. The molecular formula is C97H183NO18. The average Bonchev–Trinajstić information content (AvgIpc) is 0.779. The molecule has 0 saturated carbocycles. The largest absolute Gasteiger partial charge is 0.394 e. The van der Waals surface area contributed by atoms with Gasteiger partial charge in [-0.25, -0.2) is 0 Å². The van der Waals surface area contributed by atoms with Gasteiger partial charge < -0.3 is 89.9 Å². The van der Waals surface area contributed by atoms with Crippen LogP contribution < -0.4 is 5.32 Å². The van der Waals surface area contributed by atoms with Crippen LogP contribution in [-0.4, -0.2) is 193 Å². The summed E-state index contributed by atoms with van der Waals surface area (Å²) < 4.78 is 34.7. The van der Waals surface area contributed by atoms with Crippen LogP contribution in [0.4, 0.5) is 0 Å². The van der Waals surface area contributed by atoms with Crippen molar-refractivity contribution in [3.63, 3.8) is 0 Å². The first kappa shape index (κ1) is 108. The van der Waals surface area contributed by atoms with Gasteiger partial charge in [0.15, 0.2) is 18.9 Å². The number of aliphatic hydroxyl groups is 11. The Morgan fingerprint density at radius 3 is 0.888 bits per heavy atom. The van der Waals surface area contributed by atoms with Gasteiger partial charge in [0.25, 0.3) is 0 Å². The highest BCUT2D eigenvalue weighted by molar-refractivity contribution is 5.76. The third-order valence-corrected chi connectivity index (χ3v) is 24.7. The van der Waals surface area contributed by atoms with E-state index in [1.54, 1.807) is 0 Å². The third-order valence-electron chi connectivity index (χ3n) is 24.7. The van der Waals surface area contributed by atoms with Crippen LogP contribution in [-0.2, 0) is 33.2 Å². The molecule has 3 heterocycles. The number of unbranched alkanes of at least 4 members (excludes halogenated alkanes) is 60. The molecule has 1 amide bonds. The molecule has 0 aromatic rings. The Kier molecular flexibility index (Phi) is 71.5. The number of aliphatic hydroxyl groups excluding tert-OH is 11. The van der Waals surface area contributed by atoms with Gasteiger partial charge in [0.2, 0.25) is 5.91 Å². The van der Waals surface area contributed by atoms with Gasteiger partial charge in [0, 0.05) is 6.42 Å². The number of amides is 1. The van der Waals surface area contributed by atoms with Gasteiger partial charge in [-0.2, -0.15) is 0 Å². The second kappa shape index (κ2) is 76.6. The number of carbonyl (C=O) groups is 1. The van der Waals surface area contributed by atoms with Gasteiger partial charge >= 0.3 is 0 Å². The summed E-state index contributed by atoms with van der Waals surface area (Å²) >= 11 is 0. The Balaban J connectivity index is 1.28. The number of allylic oxidation sites excluding steroid dienone is 6. The maximum absolute atomic E-state index is 13.6. The number of carbonyl (C=O) groups excluding carboxylic acids is 1. The first-order chi connectivity index (χ1) is 56.8. The minimum Gasteiger partial charge on any atom is -0.394 e. The maximum atomic E-state index is 13.6. The summed E-state index contributed by atoms with van der Waals surface area (Å²) in [7, 11) is 0. The van der Waals surface area contributed by atoms with E-state index in [1.165, 1.54) is 353 Å². The van der Waals surface area contributed by atoms with Crippen molar-refractivity contribution in [1.29, 1.82) is 0 Å². The zero-order valence-corrected chi connectivity index (χ0v) is 74.3. The topological polar surface area (TPSA) is 307 Å². The second-order valence-electron chi connectivity index (χ2n) is 35.2. The molecule has 0 aromatic heterocycles. The van der Waals surface area contributed by atoms with Crippen molar-refractivity contribution in [3.8, 4) is 0 Å². The fourth-order valence-corrected chi connectivity index (χ4v) is 16.9. The van der Waals surface area contributed by atoms with Gasteiger partial charge in [-0.1, -0.05) is 423 Å². The monoisotopic (exact) mass is 1650 g/mol. The molecule has 0 aromatic carbocycles. The molecule has 0 aliphatic carbocycles. The van der Waals surface area contributed by atoms with Crippen LogP contribution in [0.1, 0.15) is 444 Å². The molecule has 19 nitrogen and oxygen atoms in total. The SMILES string of the molecule is CCCCCCC/C=C\C/C=C\C/C=C\CCCCCCCCCCCCCCCCCCCCCCCCCCC(=O)NC(COC1OC(CO)C(OC2OC(CO)C(OC3OC(CO)C(O)C(O)C3O)C(O)C2O)C(O)C1O)C(O)CCCCCCCCCCCCCCCCCCCCCCCCCCCCCCCCCC. The Hall–Kier alpha value is -1.99. The van der Waals surface area contributed by atoms with Crippen molar-refractivity contribution in [3.05, 3.63) is 36.5 Å². The van der Waals surface area contributed by atoms with Crippen molar-refractivity contribution in [2.24, 2.45) is 0 Å². The molecule has 116 heavy (non-hydrogen) atoms. The molecule has 3 saturated heterocycles. The van der Waals surface area contributed by atoms with Gasteiger partial charge in [-0.15, -0.1) is 0 Å². The minimum atomic E-state index is -1.97. The van der Waals surface area contributed by atoms with Gasteiger partial charge in [0.05, 0.1) is 38.6 Å². The zero-order valence-electron chi connectivity index (χ0n) is 74.3. The normalized spacial score (nSPS) is 24.6. The zero-order chi connectivity index (χ0) is 83.8. The van der Waals surface area contributed by atoms with Crippen LogP contribution in [0.25, 0.3) is 0 Å². The first-order valence-corrected chi connectivity index (χ1v) is 49.2. The molecule has 17 atom stereocenters. The van der Waals surface area contributed by atoms with E-state index in [9.17, 15) is 61.0 Å². The van der Waals surface area contributed by atoms with E-state index in [2.05, 4.69) is 55.6 Å². The molecule has 3 aliphatic heterocycles. The van der Waals surface area contributed by atoms with Crippen molar-refractivity contribution >= 4 is 5.91 Å². The molecule has 3 rings (SSSR count). The van der Waals surface area contributed by atoms with Crippen molar-refractivity contribution < 1.29 is 89.4 Å². The predicted octanol–water partition coefficient (Wildman–Crippen LogP) is 20.1. The van der Waals surface area contributed by atoms with E-state index in [-0.39, 0.29) is 18.9 Å². The number of rotatable bonds is 82. The van der Waals surface area contributed by atoms with Crippen LogP contribution in [0.3, 0.4) is 0 Å². The Bertz CT molecular complexity index is 2230. The van der Waals surface area contributed by atoms with E-state index in [0.717, 1.165) is 57.8 Å². The summed E-state index contributed by atoms with van der Waals surface area (Å²) in [6, 6.07) is -0.888. The lowest BCUT2D eigenvalue weighted by Gasteiger charge is -2.48. The summed E-state index contributed by atoms with van der Waals surface area (Å²) in [5.41, 5.74) is 0. The summed E-state index contributed by atoms with van der Waals surface area (Å²) in [5, 5.41) is 122. The smallest absolute Gasteiger partial charge is 0.220 e. The summed E-state index contributed by atoms with van der Waals surface area (Å²) in [5.74, 6) is -0.232. The number of nitrogens with one attached hydrogen (secondary N) is 1. The van der Waals surface area contributed by atoms with Crippen LogP contribution >= 0.6 is 0 Å². The summed E-state index contributed by atoms with van der Waals surface area (Å²) in [6.07, 6.45) is 72.8. The Labute approximate surface area is 708 Å². The molecular weight excluding hydrogens is 1470 g/mol. The Morgan fingerprint density at radius 1 is 0.310 bits per heavy atom.